The fourth-order valence-electron chi connectivity index (χ4n) is 2.79. The van der Waals surface area contributed by atoms with Crippen molar-refractivity contribution >= 4 is 17.5 Å². The van der Waals surface area contributed by atoms with Crippen LogP contribution in [-0.2, 0) is 0 Å². The van der Waals surface area contributed by atoms with E-state index >= 15 is 0 Å². The van der Waals surface area contributed by atoms with Crippen LogP contribution >= 0.6 is 11.6 Å². The lowest BCUT2D eigenvalue weighted by molar-refractivity contribution is 0.0878. The van der Waals surface area contributed by atoms with Crippen molar-refractivity contribution in [2.45, 2.75) is 38.6 Å². The Morgan fingerprint density at radius 2 is 2.05 bits per heavy atom. The van der Waals surface area contributed by atoms with Gasteiger partial charge >= 0.3 is 0 Å². The van der Waals surface area contributed by atoms with E-state index in [2.05, 4.69) is 16.4 Å². The Hall–Kier alpha value is -1.81. The first kappa shape index (κ1) is 14.1. The number of hydrogen-bond acceptors (Lipinski definition) is 3. The summed E-state index contributed by atoms with van der Waals surface area (Å²) in [5.74, 6) is 1.06. The fourth-order valence-corrected chi connectivity index (χ4v) is 3.08. The standard InChI is InChI=1S/C16H17ClN2O2/c1-9-15(21-10(2)18-9)16(20)19-12-7-11(8-12)13-5-3-4-6-14(13)17/h3-6,11-12H,7-8H2,1-2H3,(H,19,20). The van der Waals surface area contributed by atoms with Gasteiger partial charge in [-0.1, -0.05) is 29.8 Å². The van der Waals surface area contributed by atoms with Gasteiger partial charge in [-0.3, -0.25) is 4.79 Å². The van der Waals surface area contributed by atoms with Crippen LogP contribution in [0.5, 0.6) is 0 Å². The van der Waals surface area contributed by atoms with E-state index in [0.29, 0.717) is 23.3 Å². The first-order valence-corrected chi connectivity index (χ1v) is 7.41. The van der Waals surface area contributed by atoms with Gasteiger partial charge < -0.3 is 9.73 Å². The number of oxazole rings is 1. The highest BCUT2D eigenvalue weighted by Gasteiger charge is 2.33. The van der Waals surface area contributed by atoms with E-state index in [1.165, 1.54) is 0 Å². The molecule has 1 aromatic heterocycles. The molecular formula is C16H17ClN2O2. The van der Waals surface area contributed by atoms with Crippen molar-refractivity contribution in [3.05, 3.63) is 52.2 Å². The summed E-state index contributed by atoms with van der Waals surface area (Å²) in [4.78, 5) is 16.2. The molecular weight excluding hydrogens is 288 g/mol. The van der Waals surface area contributed by atoms with E-state index in [9.17, 15) is 4.79 Å². The Morgan fingerprint density at radius 1 is 1.33 bits per heavy atom. The van der Waals surface area contributed by atoms with Crippen molar-refractivity contribution in [1.29, 1.82) is 0 Å². The summed E-state index contributed by atoms with van der Waals surface area (Å²) in [6.07, 6.45) is 1.81. The molecule has 1 saturated carbocycles. The highest BCUT2D eigenvalue weighted by Crippen LogP contribution is 2.39. The summed E-state index contributed by atoms with van der Waals surface area (Å²) in [5.41, 5.74) is 1.79. The number of amides is 1. The van der Waals surface area contributed by atoms with E-state index < -0.39 is 0 Å². The van der Waals surface area contributed by atoms with Crippen molar-refractivity contribution in [2.75, 3.05) is 0 Å². The summed E-state index contributed by atoms with van der Waals surface area (Å²) in [6.45, 7) is 3.51. The first-order valence-electron chi connectivity index (χ1n) is 7.04. The van der Waals surface area contributed by atoms with Gasteiger partial charge in [0.25, 0.3) is 5.91 Å². The van der Waals surface area contributed by atoms with Gasteiger partial charge in [0.15, 0.2) is 5.89 Å². The molecule has 1 fully saturated rings. The second kappa shape index (κ2) is 5.53. The van der Waals surface area contributed by atoms with Crippen LogP contribution in [0.15, 0.2) is 28.7 Å². The molecule has 0 unspecified atom stereocenters. The SMILES string of the molecule is Cc1nc(C)c(C(=O)NC2CC(c3ccccc3Cl)C2)o1. The Morgan fingerprint density at radius 3 is 2.67 bits per heavy atom. The smallest absolute Gasteiger partial charge is 0.289 e. The lowest BCUT2D eigenvalue weighted by atomic mass is 9.76. The van der Waals surface area contributed by atoms with Crippen LogP contribution in [0.4, 0.5) is 0 Å². The summed E-state index contributed by atoms with van der Waals surface area (Å²) in [6, 6.07) is 8.05. The number of rotatable bonds is 3. The molecule has 0 spiro atoms. The maximum atomic E-state index is 12.1. The second-order valence-corrected chi connectivity index (χ2v) is 5.91. The summed E-state index contributed by atoms with van der Waals surface area (Å²) in [5, 5.41) is 3.79. The van der Waals surface area contributed by atoms with Gasteiger partial charge in [-0.15, -0.1) is 0 Å². The predicted molar refractivity (Wildman–Crippen MR) is 80.7 cm³/mol. The number of nitrogens with zero attached hydrogens (tertiary/aromatic N) is 1. The molecule has 2 aromatic rings. The van der Waals surface area contributed by atoms with Gasteiger partial charge in [0.2, 0.25) is 5.76 Å². The third kappa shape index (κ3) is 2.81. The van der Waals surface area contributed by atoms with Crippen LogP contribution < -0.4 is 5.32 Å². The van der Waals surface area contributed by atoms with E-state index in [-0.39, 0.29) is 11.9 Å². The number of halogens is 1. The van der Waals surface area contributed by atoms with Gasteiger partial charge in [-0.05, 0) is 37.3 Å². The minimum atomic E-state index is -0.185. The first-order chi connectivity index (χ1) is 10.0. The zero-order chi connectivity index (χ0) is 15.0. The summed E-state index contributed by atoms with van der Waals surface area (Å²) in [7, 11) is 0. The zero-order valence-corrected chi connectivity index (χ0v) is 12.8. The van der Waals surface area contributed by atoms with Crippen LogP contribution in [0.25, 0.3) is 0 Å². The molecule has 1 heterocycles. The number of benzene rings is 1. The van der Waals surface area contributed by atoms with E-state index in [4.69, 9.17) is 16.0 Å². The van der Waals surface area contributed by atoms with Gasteiger partial charge in [0.1, 0.15) is 0 Å². The van der Waals surface area contributed by atoms with Crippen LogP contribution in [0, 0.1) is 13.8 Å². The van der Waals surface area contributed by atoms with Crippen molar-refractivity contribution in [2.24, 2.45) is 0 Å². The van der Waals surface area contributed by atoms with Crippen LogP contribution in [-0.4, -0.2) is 16.9 Å². The zero-order valence-electron chi connectivity index (χ0n) is 12.0. The van der Waals surface area contributed by atoms with Crippen molar-refractivity contribution in [3.63, 3.8) is 0 Å². The number of hydrogen-bond donors (Lipinski definition) is 1. The Kier molecular flexibility index (Phi) is 3.72. The van der Waals surface area contributed by atoms with Crippen molar-refractivity contribution in [3.8, 4) is 0 Å². The molecule has 0 bridgehead atoms. The van der Waals surface area contributed by atoms with Crippen LogP contribution in [0.1, 0.15) is 46.5 Å². The molecule has 1 aliphatic rings. The normalized spacial score (nSPS) is 20.9. The Bertz CT molecular complexity index is 675. The van der Waals surface area contributed by atoms with Gasteiger partial charge in [-0.25, -0.2) is 4.98 Å². The number of aromatic nitrogens is 1. The topological polar surface area (TPSA) is 55.1 Å². The minimum Gasteiger partial charge on any atom is -0.436 e. The summed E-state index contributed by atoms with van der Waals surface area (Å²) >= 11 is 6.19. The van der Waals surface area contributed by atoms with Gasteiger partial charge in [0, 0.05) is 18.0 Å². The molecule has 5 heteroatoms. The number of carbonyl (C=O) groups is 1. The predicted octanol–water partition coefficient (Wildman–Crippen LogP) is 3.62. The molecule has 0 atom stereocenters. The van der Waals surface area contributed by atoms with E-state index in [1.54, 1.807) is 13.8 Å². The average molecular weight is 305 g/mol. The average Bonchev–Trinajstić information content (AvgIpc) is 2.73. The largest absolute Gasteiger partial charge is 0.436 e. The van der Waals surface area contributed by atoms with Crippen LogP contribution in [0.3, 0.4) is 0 Å². The number of nitrogens with one attached hydrogen (secondary N) is 1. The lowest BCUT2D eigenvalue weighted by Crippen LogP contribution is -2.43. The lowest BCUT2D eigenvalue weighted by Gasteiger charge is -2.36. The molecule has 1 amide bonds. The third-order valence-electron chi connectivity index (χ3n) is 3.93. The molecule has 21 heavy (non-hydrogen) atoms. The molecule has 0 aliphatic heterocycles. The highest BCUT2D eigenvalue weighted by molar-refractivity contribution is 6.31. The molecule has 1 N–H and O–H groups in total. The Balaban J connectivity index is 1.59. The summed E-state index contributed by atoms with van der Waals surface area (Å²) < 4.78 is 5.33. The van der Waals surface area contributed by atoms with E-state index in [1.807, 2.05) is 18.2 Å². The number of aryl methyl sites for hydroxylation is 2. The Labute approximate surface area is 128 Å². The molecule has 0 saturated heterocycles. The number of carbonyl (C=O) groups excluding carboxylic acids is 1. The molecule has 110 valence electrons. The fraction of sp³-hybridized carbons (Fsp3) is 0.375. The highest BCUT2D eigenvalue weighted by atomic mass is 35.5. The maximum absolute atomic E-state index is 12.1. The molecule has 3 rings (SSSR count). The second-order valence-electron chi connectivity index (χ2n) is 5.51. The molecule has 1 aromatic carbocycles. The maximum Gasteiger partial charge on any atom is 0.289 e. The molecule has 4 nitrogen and oxygen atoms in total. The molecule has 0 radical (unpaired) electrons. The monoisotopic (exact) mass is 304 g/mol. The molecule has 1 aliphatic carbocycles. The van der Waals surface area contributed by atoms with Crippen LogP contribution in [0.2, 0.25) is 5.02 Å². The third-order valence-corrected chi connectivity index (χ3v) is 4.27. The quantitative estimate of drug-likeness (QED) is 0.942. The van der Waals surface area contributed by atoms with Gasteiger partial charge in [-0.2, -0.15) is 0 Å². The van der Waals surface area contributed by atoms with Crippen molar-refractivity contribution < 1.29 is 9.21 Å². The van der Waals surface area contributed by atoms with Gasteiger partial charge in [0.05, 0.1) is 5.69 Å². The van der Waals surface area contributed by atoms with E-state index in [0.717, 1.165) is 23.4 Å². The van der Waals surface area contributed by atoms with Crippen molar-refractivity contribution in [1.82, 2.24) is 10.3 Å². The minimum absolute atomic E-state index is 0.170.